The first-order chi connectivity index (χ1) is 9.13. The van der Waals surface area contributed by atoms with Gasteiger partial charge in [0.1, 0.15) is 0 Å². The summed E-state index contributed by atoms with van der Waals surface area (Å²) in [6.45, 7) is 8.15. The lowest BCUT2D eigenvalue weighted by molar-refractivity contribution is 0.204. The van der Waals surface area contributed by atoms with Gasteiger partial charge in [0, 0.05) is 20.1 Å². The van der Waals surface area contributed by atoms with E-state index in [9.17, 15) is 0 Å². The van der Waals surface area contributed by atoms with Gasteiger partial charge in [-0.2, -0.15) is 11.8 Å². The van der Waals surface area contributed by atoms with Crippen molar-refractivity contribution in [2.75, 3.05) is 25.6 Å². The molecule has 3 heteroatoms. The zero-order chi connectivity index (χ0) is 14.1. The molecule has 2 nitrogen and oxygen atoms in total. The van der Waals surface area contributed by atoms with Crippen molar-refractivity contribution in [1.82, 2.24) is 10.4 Å². The third-order valence-electron chi connectivity index (χ3n) is 3.26. The molecule has 0 aliphatic carbocycles. The highest BCUT2D eigenvalue weighted by atomic mass is 32.2. The molecule has 0 aliphatic rings. The molecular weight excluding hydrogens is 252 g/mol. The Kier molecular flexibility index (Phi) is 7.87. The summed E-state index contributed by atoms with van der Waals surface area (Å²) in [6.07, 6.45) is 3.36. The first kappa shape index (κ1) is 16.3. The molecule has 0 amide bonds. The second kappa shape index (κ2) is 9.18. The zero-order valence-electron chi connectivity index (χ0n) is 12.4. The van der Waals surface area contributed by atoms with Crippen molar-refractivity contribution in [3.8, 4) is 0 Å². The normalized spacial score (nSPS) is 12.6. The second-order valence-corrected chi connectivity index (χ2v) is 6.01. The summed E-state index contributed by atoms with van der Waals surface area (Å²) >= 11 is 1.90. The molecule has 0 radical (unpaired) electrons. The molecule has 1 aromatic rings. The Hall–Kier alpha value is -0.770. The van der Waals surface area contributed by atoms with Crippen LogP contribution in [0.2, 0.25) is 0 Å². The average Bonchev–Trinajstić information content (AvgIpc) is 2.42. The minimum absolute atomic E-state index is 0.570. The van der Waals surface area contributed by atoms with E-state index in [4.69, 9.17) is 0 Å². The first-order valence-electron chi connectivity index (χ1n) is 6.76. The zero-order valence-corrected chi connectivity index (χ0v) is 13.2. The maximum atomic E-state index is 4.12. The molecule has 0 heterocycles. The van der Waals surface area contributed by atoms with E-state index in [1.165, 1.54) is 23.3 Å². The fourth-order valence-corrected chi connectivity index (χ4v) is 2.49. The lowest BCUT2D eigenvalue weighted by Crippen LogP contribution is -2.38. The molecule has 0 saturated heterocycles. The molecule has 1 rings (SSSR count). The predicted molar refractivity (Wildman–Crippen MR) is 87.2 cm³/mol. The molecule has 0 fully saturated rings. The molecule has 0 saturated carbocycles. The van der Waals surface area contributed by atoms with Crippen LogP contribution in [-0.2, 0) is 6.54 Å². The summed E-state index contributed by atoms with van der Waals surface area (Å²) in [4.78, 5) is 0. The number of nitrogens with zero attached hydrogens (tertiary/aromatic N) is 1. The Morgan fingerprint density at radius 2 is 2.05 bits per heavy atom. The predicted octanol–water partition coefficient (Wildman–Crippen LogP) is 3.57. The number of nitrogens with one attached hydrogen (secondary N) is 1. The Morgan fingerprint density at radius 1 is 1.37 bits per heavy atom. The van der Waals surface area contributed by atoms with Crippen LogP contribution in [0, 0.1) is 5.92 Å². The van der Waals surface area contributed by atoms with Crippen LogP contribution in [0.3, 0.4) is 0 Å². The quantitative estimate of drug-likeness (QED) is 0.549. The van der Waals surface area contributed by atoms with Crippen LogP contribution >= 0.6 is 11.8 Å². The van der Waals surface area contributed by atoms with Gasteiger partial charge in [-0.1, -0.05) is 42.5 Å². The van der Waals surface area contributed by atoms with Crippen LogP contribution in [-0.4, -0.2) is 30.6 Å². The monoisotopic (exact) mass is 278 g/mol. The molecule has 1 aromatic carbocycles. The molecule has 1 atom stereocenters. The third kappa shape index (κ3) is 6.81. The summed E-state index contributed by atoms with van der Waals surface area (Å²) in [5.74, 6) is 1.77. The Labute approximate surface area is 122 Å². The topological polar surface area (TPSA) is 15.3 Å². The van der Waals surface area contributed by atoms with Crippen molar-refractivity contribution < 1.29 is 0 Å². The highest BCUT2D eigenvalue weighted by molar-refractivity contribution is 7.98. The molecular formula is C16H26N2S. The van der Waals surface area contributed by atoms with Crippen molar-refractivity contribution in [3.05, 3.63) is 48.0 Å². The smallest absolute Gasteiger partial charge is 0.0353 e. The third-order valence-corrected chi connectivity index (χ3v) is 3.90. The van der Waals surface area contributed by atoms with Crippen molar-refractivity contribution in [2.45, 2.75) is 19.9 Å². The number of hydrazine groups is 1. The van der Waals surface area contributed by atoms with Crippen molar-refractivity contribution >= 4 is 11.8 Å². The molecule has 106 valence electrons. The van der Waals surface area contributed by atoms with E-state index in [0.29, 0.717) is 5.92 Å². The van der Waals surface area contributed by atoms with E-state index in [0.717, 1.165) is 13.1 Å². The molecule has 1 N–H and O–H groups in total. The van der Waals surface area contributed by atoms with Crippen molar-refractivity contribution in [2.24, 2.45) is 5.92 Å². The largest absolute Gasteiger partial charge is 0.251 e. The van der Waals surface area contributed by atoms with Gasteiger partial charge in [0.25, 0.3) is 0 Å². The van der Waals surface area contributed by atoms with Gasteiger partial charge in [-0.25, -0.2) is 5.01 Å². The summed E-state index contributed by atoms with van der Waals surface area (Å²) in [5, 5.41) is 2.19. The van der Waals surface area contributed by atoms with Gasteiger partial charge in [0.05, 0.1) is 0 Å². The van der Waals surface area contributed by atoms with Gasteiger partial charge in [-0.15, -0.1) is 0 Å². The van der Waals surface area contributed by atoms with Gasteiger partial charge in [-0.3, -0.25) is 5.43 Å². The molecule has 0 bridgehead atoms. The Morgan fingerprint density at radius 3 is 2.63 bits per heavy atom. The van der Waals surface area contributed by atoms with E-state index in [1.807, 2.05) is 17.8 Å². The number of thioether (sulfide) groups is 1. The number of rotatable bonds is 9. The van der Waals surface area contributed by atoms with Crippen LogP contribution in [0.5, 0.6) is 0 Å². The number of hydrogen-bond donors (Lipinski definition) is 1. The molecule has 0 unspecified atom stereocenters. The SMILES string of the molecule is C=C(C)[C@H](CCSC)CN(C)NCc1ccccc1. The van der Waals surface area contributed by atoms with Crippen LogP contribution in [0.1, 0.15) is 18.9 Å². The minimum Gasteiger partial charge on any atom is -0.251 e. The maximum Gasteiger partial charge on any atom is 0.0353 e. The highest BCUT2D eigenvalue weighted by Crippen LogP contribution is 2.16. The fourth-order valence-electron chi connectivity index (χ4n) is 1.97. The van der Waals surface area contributed by atoms with Crippen LogP contribution < -0.4 is 5.43 Å². The summed E-state index contributed by atoms with van der Waals surface area (Å²) in [5.41, 5.74) is 6.04. The van der Waals surface area contributed by atoms with Gasteiger partial charge in [0.15, 0.2) is 0 Å². The Bertz CT molecular complexity index is 364. The van der Waals surface area contributed by atoms with E-state index in [-0.39, 0.29) is 0 Å². The van der Waals surface area contributed by atoms with E-state index in [1.54, 1.807) is 0 Å². The summed E-state index contributed by atoms with van der Waals surface area (Å²) < 4.78 is 0. The summed E-state index contributed by atoms with van der Waals surface area (Å²) in [7, 11) is 2.11. The first-order valence-corrected chi connectivity index (χ1v) is 8.15. The van der Waals surface area contributed by atoms with Gasteiger partial charge >= 0.3 is 0 Å². The van der Waals surface area contributed by atoms with E-state index < -0.39 is 0 Å². The van der Waals surface area contributed by atoms with Crippen molar-refractivity contribution in [1.29, 1.82) is 0 Å². The molecule has 0 spiro atoms. The fraction of sp³-hybridized carbons (Fsp3) is 0.500. The maximum absolute atomic E-state index is 4.12. The second-order valence-electron chi connectivity index (χ2n) is 5.03. The van der Waals surface area contributed by atoms with E-state index >= 15 is 0 Å². The lowest BCUT2D eigenvalue weighted by Gasteiger charge is -2.25. The lowest BCUT2D eigenvalue weighted by atomic mass is 9.99. The molecule has 0 aromatic heterocycles. The van der Waals surface area contributed by atoms with Crippen molar-refractivity contribution in [3.63, 3.8) is 0 Å². The molecule has 0 aliphatic heterocycles. The minimum atomic E-state index is 0.570. The van der Waals surface area contributed by atoms with Crippen LogP contribution in [0.15, 0.2) is 42.5 Å². The number of benzene rings is 1. The number of hydrogen-bond acceptors (Lipinski definition) is 3. The van der Waals surface area contributed by atoms with Crippen LogP contribution in [0.4, 0.5) is 0 Å². The van der Waals surface area contributed by atoms with Gasteiger partial charge < -0.3 is 0 Å². The van der Waals surface area contributed by atoms with Gasteiger partial charge in [0.2, 0.25) is 0 Å². The molecule has 19 heavy (non-hydrogen) atoms. The average molecular weight is 278 g/mol. The standard InChI is InChI=1S/C16H26N2S/c1-14(2)16(10-11-19-4)13-18(3)17-12-15-8-6-5-7-9-15/h5-9,16-17H,1,10-13H2,2-4H3/t16-/m1/s1. The van der Waals surface area contributed by atoms with Gasteiger partial charge in [-0.05, 0) is 36.8 Å². The Balaban J connectivity index is 2.35. The highest BCUT2D eigenvalue weighted by Gasteiger charge is 2.11. The summed E-state index contributed by atoms with van der Waals surface area (Å²) in [6, 6.07) is 10.5. The van der Waals surface area contributed by atoms with E-state index in [2.05, 4.69) is 61.5 Å². The van der Waals surface area contributed by atoms with Crippen LogP contribution in [0.25, 0.3) is 0 Å².